The number of nitrogen functional groups attached to an aromatic ring is 1. The molecule has 0 atom stereocenters. The Morgan fingerprint density at radius 3 is 2.21 bits per heavy atom. The Kier molecular flexibility index (Phi) is 5.69. The zero-order valence-electron chi connectivity index (χ0n) is 18.9. The summed E-state index contributed by atoms with van der Waals surface area (Å²) in [5.74, 6) is 0.297. The van der Waals surface area contributed by atoms with Gasteiger partial charge in [-0.25, -0.2) is 4.79 Å². The summed E-state index contributed by atoms with van der Waals surface area (Å²) in [7, 11) is -0.417. The minimum absolute atomic E-state index is 0.241. The monoisotopic (exact) mass is 402 g/mol. The molecule has 7 heteroatoms. The van der Waals surface area contributed by atoms with E-state index in [1.165, 1.54) is 0 Å². The van der Waals surface area contributed by atoms with Gasteiger partial charge in [-0.15, -0.1) is 0 Å². The van der Waals surface area contributed by atoms with E-state index in [9.17, 15) is 4.79 Å². The molecule has 160 valence electrons. The van der Waals surface area contributed by atoms with Crippen LogP contribution in [-0.4, -0.2) is 48.0 Å². The lowest BCUT2D eigenvalue weighted by molar-refractivity contribution is 0.00578. The maximum absolute atomic E-state index is 12.4. The zero-order valence-corrected chi connectivity index (χ0v) is 18.9. The summed E-state index contributed by atoms with van der Waals surface area (Å²) in [4.78, 5) is 14.2. The van der Waals surface area contributed by atoms with E-state index in [-0.39, 0.29) is 6.09 Å². The van der Waals surface area contributed by atoms with Crippen molar-refractivity contribution in [3.05, 3.63) is 23.8 Å². The van der Waals surface area contributed by atoms with Gasteiger partial charge in [0.25, 0.3) is 0 Å². The predicted octanol–water partition coefficient (Wildman–Crippen LogP) is 3.68. The van der Waals surface area contributed by atoms with Gasteiger partial charge in [0, 0.05) is 18.8 Å². The van der Waals surface area contributed by atoms with Crippen molar-refractivity contribution in [3.8, 4) is 0 Å². The lowest BCUT2D eigenvalue weighted by Gasteiger charge is -2.34. The summed E-state index contributed by atoms with van der Waals surface area (Å²) in [5, 5.41) is 0. The standard InChI is InChI=1S/C22H35BN2O4/c1-20(2,3)27-19(26)25-12-10-15(11-13-25)17-14-16(24)8-9-18(17)23-28-21(4,5)22(6,7)29-23/h8-9,14-15H,10-13,24H2,1-7H3. The summed E-state index contributed by atoms with van der Waals surface area (Å²) in [6.45, 7) is 15.2. The first kappa shape index (κ1) is 22.0. The van der Waals surface area contributed by atoms with Gasteiger partial charge < -0.3 is 24.7 Å². The minimum atomic E-state index is -0.480. The van der Waals surface area contributed by atoms with Crippen LogP contribution in [0.25, 0.3) is 0 Å². The molecule has 0 bridgehead atoms. The molecule has 0 aliphatic carbocycles. The molecule has 0 aromatic heterocycles. The Morgan fingerprint density at radius 1 is 1.14 bits per heavy atom. The molecule has 1 aromatic rings. The second-order valence-corrected chi connectivity index (χ2v) is 10.2. The number of likely N-dealkylation sites (tertiary alicyclic amines) is 1. The highest BCUT2D eigenvalue weighted by Crippen LogP contribution is 2.38. The van der Waals surface area contributed by atoms with Gasteiger partial charge in [-0.05, 0) is 90.4 Å². The highest BCUT2D eigenvalue weighted by molar-refractivity contribution is 6.62. The Hall–Kier alpha value is -1.73. The van der Waals surface area contributed by atoms with Crippen LogP contribution in [0.1, 0.15) is 72.8 Å². The second-order valence-electron chi connectivity index (χ2n) is 10.2. The maximum atomic E-state index is 12.4. The molecule has 1 aromatic carbocycles. The number of piperidine rings is 1. The number of carbonyl (C=O) groups is 1. The molecule has 0 saturated carbocycles. The number of nitrogens with zero attached hydrogens (tertiary/aromatic N) is 1. The SMILES string of the molecule is CC(C)(C)OC(=O)N1CCC(c2cc(N)ccc2B2OC(C)(C)C(C)(C)O2)CC1. The molecule has 1 amide bonds. The van der Waals surface area contributed by atoms with E-state index in [0.29, 0.717) is 19.0 Å². The van der Waals surface area contributed by atoms with Crippen molar-refractivity contribution < 1.29 is 18.8 Å². The molecule has 2 fully saturated rings. The van der Waals surface area contributed by atoms with Gasteiger partial charge in [0.15, 0.2) is 0 Å². The summed E-state index contributed by atoms with van der Waals surface area (Å²) < 4.78 is 18.1. The Bertz CT molecular complexity index is 749. The molecule has 2 saturated heterocycles. The highest BCUT2D eigenvalue weighted by Gasteiger charge is 2.52. The molecule has 2 aliphatic rings. The van der Waals surface area contributed by atoms with Gasteiger partial charge in [-0.1, -0.05) is 6.07 Å². The van der Waals surface area contributed by atoms with Crippen molar-refractivity contribution in [2.24, 2.45) is 0 Å². The van der Waals surface area contributed by atoms with Crippen molar-refractivity contribution in [1.82, 2.24) is 4.90 Å². The van der Waals surface area contributed by atoms with Gasteiger partial charge in [-0.3, -0.25) is 0 Å². The van der Waals surface area contributed by atoms with Gasteiger partial charge in [0.1, 0.15) is 5.60 Å². The number of rotatable bonds is 2. The molecule has 3 rings (SSSR count). The molecule has 2 heterocycles. The van der Waals surface area contributed by atoms with Crippen molar-refractivity contribution in [1.29, 1.82) is 0 Å². The molecular formula is C22H35BN2O4. The third-order valence-electron chi connectivity index (χ3n) is 6.20. The van der Waals surface area contributed by atoms with Gasteiger partial charge in [-0.2, -0.15) is 0 Å². The lowest BCUT2D eigenvalue weighted by atomic mass is 9.71. The first-order chi connectivity index (χ1) is 13.3. The number of amides is 1. The van der Waals surface area contributed by atoms with Crippen molar-refractivity contribution >= 4 is 24.4 Å². The number of hydrogen-bond donors (Lipinski definition) is 1. The highest BCUT2D eigenvalue weighted by atomic mass is 16.7. The smallest absolute Gasteiger partial charge is 0.444 e. The largest absolute Gasteiger partial charge is 0.495 e. The molecule has 0 unspecified atom stereocenters. The normalized spacial score (nSPS) is 22.0. The predicted molar refractivity (Wildman–Crippen MR) is 116 cm³/mol. The summed E-state index contributed by atoms with van der Waals surface area (Å²) >= 11 is 0. The van der Waals surface area contributed by atoms with Crippen molar-refractivity contribution in [2.75, 3.05) is 18.8 Å². The van der Waals surface area contributed by atoms with Crippen LogP contribution in [0.5, 0.6) is 0 Å². The molecule has 6 nitrogen and oxygen atoms in total. The van der Waals surface area contributed by atoms with E-state index in [1.54, 1.807) is 4.90 Å². The molecule has 0 radical (unpaired) electrons. The number of benzene rings is 1. The third kappa shape index (κ3) is 4.72. The van der Waals surface area contributed by atoms with E-state index in [1.807, 2.05) is 39.0 Å². The van der Waals surface area contributed by atoms with E-state index in [2.05, 4.69) is 27.7 Å². The first-order valence-corrected chi connectivity index (χ1v) is 10.5. The van der Waals surface area contributed by atoms with E-state index in [4.69, 9.17) is 19.8 Å². The Balaban J connectivity index is 1.76. The average molecular weight is 402 g/mol. The first-order valence-electron chi connectivity index (χ1n) is 10.5. The fourth-order valence-corrected chi connectivity index (χ4v) is 3.83. The number of nitrogens with two attached hydrogens (primary N) is 1. The van der Waals surface area contributed by atoms with Crippen LogP contribution in [-0.2, 0) is 14.0 Å². The van der Waals surface area contributed by atoms with Crippen LogP contribution < -0.4 is 11.2 Å². The molecule has 2 aliphatic heterocycles. The van der Waals surface area contributed by atoms with Crippen LogP contribution in [0.4, 0.5) is 10.5 Å². The zero-order chi connectivity index (χ0) is 21.6. The van der Waals surface area contributed by atoms with Crippen molar-refractivity contribution in [3.63, 3.8) is 0 Å². The minimum Gasteiger partial charge on any atom is -0.444 e. The molecule has 2 N–H and O–H groups in total. The second kappa shape index (κ2) is 7.51. The van der Waals surface area contributed by atoms with E-state index < -0.39 is 23.9 Å². The van der Waals surface area contributed by atoms with Crippen LogP contribution in [0.15, 0.2) is 18.2 Å². The summed E-state index contributed by atoms with van der Waals surface area (Å²) in [5.41, 5.74) is 7.78. The number of hydrogen-bond acceptors (Lipinski definition) is 5. The number of anilines is 1. The maximum Gasteiger partial charge on any atom is 0.495 e. The quantitative estimate of drug-likeness (QED) is 0.604. The Labute approximate surface area is 175 Å². The van der Waals surface area contributed by atoms with Crippen molar-refractivity contribution in [2.45, 2.75) is 84.0 Å². The molecule has 0 spiro atoms. The fourth-order valence-electron chi connectivity index (χ4n) is 3.83. The van der Waals surface area contributed by atoms with Crippen LogP contribution in [0.3, 0.4) is 0 Å². The summed E-state index contributed by atoms with van der Waals surface area (Å²) in [6.07, 6.45) is 1.47. The topological polar surface area (TPSA) is 74.0 Å². The Morgan fingerprint density at radius 2 is 1.69 bits per heavy atom. The number of ether oxygens (including phenoxy) is 1. The van der Waals surface area contributed by atoms with Crippen LogP contribution >= 0.6 is 0 Å². The summed E-state index contributed by atoms with van der Waals surface area (Å²) in [6, 6.07) is 5.96. The van der Waals surface area contributed by atoms with Crippen LogP contribution in [0, 0.1) is 0 Å². The third-order valence-corrected chi connectivity index (χ3v) is 6.20. The average Bonchev–Trinajstić information content (AvgIpc) is 2.81. The fraction of sp³-hybridized carbons (Fsp3) is 0.682. The lowest BCUT2D eigenvalue weighted by Crippen LogP contribution is -2.43. The molecular weight excluding hydrogens is 367 g/mol. The van der Waals surface area contributed by atoms with Gasteiger partial charge >= 0.3 is 13.2 Å². The molecule has 29 heavy (non-hydrogen) atoms. The van der Waals surface area contributed by atoms with Gasteiger partial charge in [0.2, 0.25) is 0 Å². The van der Waals surface area contributed by atoms with E-state index >= 15 is 0 Å². The van der Waals surface area contributed by atoms with E-state index in [0.717, 1.165) is 29.6 Å². The number of carbonyl (C=O) groups excluding carboxylic acids is 1. The van der Waals surface area contributed by atoms with Crippen LogP contribution in [0.2, 0.25) is 0 Å². The van der Waals surface area contributed by atoms with Gasteiger partial charge in [0.05, 0.1) is 11.2 Å².